The molecule has 0 spiro atoms. The van der Waals surface area contributed by atoms with Crippen molar-refractivity contribution in [2.75, 3.05) is 18.6 Å². The van der Waals surface area contributed by atoms with Gasteiger partial charge in [0.25, 0.3) is 11.7 Å². The molecule has 36 heavy (non-hydrogen) atoms. The molecule has 4 aromatic carbocycles. The van der Waals surface area contributed by atoms with Crippen LogP contribution in [0.1, 0.15) is 22.7 Å². The molecule has 0 aromatic heterocycles. The molecule has 0 bridgehead atoms. The van der Waals surface area contributed by atoms with Crippen molar-refractivity contribution in [2.45, 2.75) is 12.5 Å². The second-order valence-electron chi connectivity index (χ2n) is 8.86. The maximum Gasteiger partial charge on any atom is 0.300 e. The van der Waals surface area contributed by atoms with E-state index in [1.54, 1.807) is 43.5 Å². The van der Waals surface area contributed by atoms with Gasteiger partial charge in [0.15, 0.2) is 0 Å². The van der Waals surface area contributed by atoms with Crippen LogP contribution in [0.3, 0.4) is 0 Å². The molecule has 6 rings (SSSR count). The van der Waals surface area contributed by atoms with Crippen molar-refractivity contribution in [3.8, 4) is 11.5 Å². The molecule has 1 N–H and O–H groups in total. The van der Waals surface area contributed by atoms with E-state index in [0.29, 0.717) is 23.6 Å². The number of aliphatic hydroxyl groups is 1. The summed E-state index contributed by atoms with van der Waals surface area (Å²) >= 11 is 0. The van der Waals surface area contributed by atoms with E-state index in [1.807, 2.05) is 48.5 Å². The van der Waals surface area contributed by atoms with Crippen LogP contribution >= 0.6 is 0 Å². The fourth-order valence-corrected chi connectivity index (χ4v) is 5.11. The Bertz CT molecular complexity index is 1550. The van der Waals surface area contributed by atoms with Crippen molar-refractivity contribution >= 4 is 33.9 Å². The van der Waals surface area contributed by atoms with Gasteiger partial charge in [-0.15, -0.1) is 0 Å². The summed E-state index contributed by atoms with van der Waals surface area (Å²) in [7, 11) is 1.57. The molecule has 2 aliphatic heterocycles. The number of nitrogens with zero attached hydrogens (tertiary/aromatic N) is 1. The number of ether oxygens (including phenoxy) is 2. The average Bonchev–Trinajstić information content (AvgIpc) is 3.50. The molecule has 4 aromatic rings. The summed E-state index contributed by atoms with van der Waals surface area (Å²) in [4.78, 5) is 28.5. The molecule has 1 amide bonds. The highest BCUT2D eigenvalue weighted by Crippen LogP contribution is 2.44. The molecule has 1 saturated heterocycles. The van der Waals surface area contributed by atoms with Crippen molar-refractivity contribution in [1.29, 1.82) is 0 Å². The zero-order valence-electron chi connectivity index (χ0n) is 19.6. The Balaban J connectivity index is 1.59. The lowest BCUT2D eigenvalue weighted by Crippen LogP contribution is -2.29. The van der Waals surface area contributed by atoms with E-state index in [9.17, 15) is 14.7 Å². The molecule has 0 aliphatic carbocycles. The van der Waals surface area contributed by atoms with Gasteiger partial charge < -0.3 is 14.6 Å². The number of amides is 1. The maximum atomic E-state index is 13.5. The van der Waals surface area contributed by atoms with Gasteiger partial charge in [-0.05, 0) is 64.4 Å². The number of carbonyl (C=O) groups excluding carboxylic acids is 2. The first-order valence-corrected chi connectivity index (χ1v) is 11.8. The van der Waals surface area contributed by atoms with Crippen LogP contribution in [0.15, 0.2) is 90.5 Å². The Hall–Kier alpha value is -4.58. The van der Waals surface area contributed by atoms with Crippen LogP contribution in [0.4, 0.5) is 5.69 Å². The van der Waals surface area contributed by atoms with E-state index in [0.717, 1.165) is 34.1 Å². The highest BCUT2D eigenvalue weighted by molar-refractivity contribution is 6.51. The fourth-order valence-electron chi connectivity index (χ4n) is 5.11. The predicted octanol–water partition coefficient (Wildman–Crippen LogP) is 5.41. The minimum atomic E-state index is -0.811. The molecule has 1 atom stereocenters. The van der Waals surface area contributed by atoms with Crippen LogP contribution in [-0.2, 0) is 16.0 Å². The van der Waals surface area contributed by atoms with Crippen LogP contribution in [0.25, 0.3) is 16.5 Å². The number of anilines is 1. The smallest absolute Gasteiger partial charge is 0.300 e. The molecule has 0 radical (unpaired) electrons. The van der Waals surface area contributed by atoms with Gasteiger partial charge >= 0.3 is 0 Å². The Morgan fingerprint density at radius 1 is 0.972 bits per heavy atom. The lowest BCUT2D eigenvalue weighted by atomic mass is 9.91. The van der Waals surface area contributed by atoms with Crippen molar-refractivity contribution in [2.24, 2.45) is 0 Å². The molecule has 1 fully saturated rings. The Morgan fingerprint density at radius 2 is 1.75 bits per heavy atom. The first-order valence-electron chi connectivity index (χ1n) is 11.8. The lowest BCUT2D eigenvalue weighted by molar-refractivity contribution is -0.132. The molecule has 6 heteroatoms. The van der Waals surface area contributed by atoms with Crippen LogP contribution in [0.2, 0.25) is 0 Å². The Morgan fingerprint density at radius 3 is 2.56 bits per heavy atom. The number of Topliss-reactive ketones (excluding diaryl/α,β-unsaturated/α-hetero) is 1. The number of fused-ring (bicyclic) bond motifs is 2. The average molecular weight is 478 g/mol. The third kappa shape index (κ3) is 3.41. The quantitative estimate of drug-likeness (QED) is 0.242. The molecule has 178 valence electrons. The minimum absolute atomic E-state index is 0.0611. The van der Waals surface area contributed by atoms with E-state index in [2.05, 4.69) is 0 Å². The first-order chi connectivity index (χ1) is 17.6. The number of ketones is 1. The van der Waals surface area contributed by atoms with Gasteiger partial charge in [0.2, 0.25) is 0 Å². The second-order valence-corrected chi connectivity index (χ2v) is 8.86. The zero-order valence-corrected chi connectivity index (χ0v) is 19.6. The van der Waals surface area contributed by atoms with Crippen molar-refractivity contribution < 1.29 is 24.2 Å². The topological polar surface area (TPSA) is 76.1 Å². The third-order valence-corrected chi connectivity index (χ3v) is 6.88. The predicted molar refractivity (Wildman–Crippen MR) is 137 cm³/mol. The molecule has 2 heterocycles. The maximum absolute atomic E-state index is 13.5. The monoisotopic (exact) mass is 477 g/mol. The number of rotatable bonds is 4. The van der Waals surface area contributed by atoms with E-state index >= 15 is 0 Å². The fraction of sp³-hybridized carbons (Fsp3) is 0.133. The summed E-state index contributed by atoms with van der Waals surface area (Å²) in [6.07, 6.45) is 0.726. The summed E-state index contributed by atoms with van der Waals surface area (Å²) in [6, 6.07) is 25.1. The molecular formula is C30H23NO5. The van der Waals surface area contributed by atoms with E-state index in [1.165, 1.54) is 4.90 Å². The lowest BCUT2D eigenvalue weighted by Gasteiger charge is -2.26. The summed E-state index contributed by atoms with van der Waals surface area (Å²) in [5.41, 5.74) is 2.81. The molecule has 2 aliphatic rings. The normalized spacial score (nSPS) is 18.4. The van der Waals surface area contributed by atoms with Crippen LogP contribution in [0.5, 0.6) is 11.5 Å². The van der Waals surface area contributed by atoms with Crippen molar-refractivity contribution in [3.05, 3.63) is 107 Å². The highest BCUT2D eigenvalue weighted by atomic mass is 16.5. The summed E-state index contributed by atoms with van der Waals surface area (Å²) in [5.74, 6) is -0.201. The molecule has 1 unspecified atom stereocenters. The van der Waals surface area contributed by atoms with E-state index in [4.69, 9.17) is 9.47 Å². The number of carbonyl (C=O) groups is 2. The number of hydrogen-bond donors (Lipinski definition) is 1. The third-order valence-electron chi connectivity index (χ3n) is 6.88. The minimum Gasteiger partial charge on any atom is -0.507 e. The van der Waals surface area contributed by atoms with Gasteiger partial charge in [-0.1, -0.05) is 42.5 Å². The summed E-state index contributed by atoms with van der Waals surface area (Å²) in [6.45, 7) is 0.581. The van der Waals surface area contributed by atoms with Gasteiger partial charge in [0.05, 0.1) is 25.3 Å². The molecule has 0 saturated carbocycles. The van der Waals surface area contributed by atoms with Crippen LogP contribution in [0, 0.1) is 0 Å². The zero-order chi connectivity index (χ0) is 24.8. The number of hydrogen-bond acceptors (Lipinski definition) is 5. The number of benzene rings is 4. The van der Waals surface area contributed by atoms with Gasteiger partial charge in [-0.25, -0.2) is 0 Å². The van der Waals surface area contributed by atoms with Gasteiger partial charge in [0.1, 0.15) is 17.3 Å². The van der Waals surface area contributed by atoms with Crippen molar-refractivity contribution in [3.63, 3.8) is 0 Å². The SMILES string of the molecule is COc1ccc(N2C(=O)C(=O)/C(=C(\O)c3ccc4c(c3)CCO4)C2c2cccc3ccccc23)cc1. The van der Waals surface area contributed by atoms with Gasteiger partial charge in [0, 0.05) is 17.7 Å². The van der Waals surface area contributed by atoms with E-state index < -0.39 is 17.7 Å². The standard InChI is InChI=1S/C30H23NO5/c1-35-22-12-10-21(11-13-22)31-27(24-8-4-6-18-5-2-3-7-23(18)24)26(29(33)30(31)34)28(32)20-9-14-25-19(17-20)15-16-36-25/h2-14,17,27,32H,15-16H2,1H3/b28-26-. The largest absolute Gasteiger partial charge is 0.507 e. The first kappa shape index (κ1) is 21.9. The highest BCUT2D eigenvalue weighted by Gasteiger charge is 2.47. The Labute approximate surface area is 208 Å². The van der Waals surface area contributed by atoms with Crippen molar-refractivity contribution in [1.82, 2.24) is 0 Å². The Kier molecular flexibility index (Phi) is 5.22. The number of aliphatic hydroxyl groups excluding tert-OH is 1. The van der Waals surface area contributed by atoms with E-state index in [-0.39, 0.29) is 11.3 Å². The van der Waals surface area contributed by atoms with Crippen LogP contribution < -0.4 is 14.4 Å². The summed E-state index contributed by atoms with van der Waals surface area (Å²) < 4.78 is 10.9. The summed E-state index contributed by atoms with van der Waals surface area (Å²) in [5, 5.41) is 13.4. The molecular weight excluding hydrogens is 454 g/mol. The second kappa shape index (κ2) is 8.57. The van der Waals surface area contributed by atoms with Crippen LogP contribution in [-0.4, -0.2) is 30.5 Å². The molecule has 6 nitrogen and oxygen atoms in total. The van der Waals surface area contributed by atoms with Gasteiger partial charge in [-0.2, -0.15) is 0 Å². The number of methoxy groups -OCH3 is 1. The van der Waals surface area contributed by atoms with Gasteiger partial charge in [-0.3, -0.25) is 14.5 Å².